The molecule has 8 heteroatoms. The largest absolute Gasteiger partial charge is 0.507 e. The SMILES string of the molecule is O=c1[nH][nH]c(-c2ccccc2O)c1C(C[N+](=O)[O-])c1ccc(Cl)cc1. The number of halogens is 1. The zero-order valence-corrected chi connectivity index (χ0v) is 13.7. The van der Waals surface area contributed by atoms with Gasteiger partial charge < -0.3 is 5.11 Å². The topological polar surface area (TPSA) is 112 Å². The van der Waals surface area contributed by atoms with Gasteiger partial charge in [0.1, 0.15) is 5.75 Å². The molecule has 1 heterocycles. The number of nitro groups is 1. The summed E-state index contributed by atoms with van der Waals surface area (Å²) in [6.07, 6.45) is 0. The number of aromatic nitrogens is 2. The van der Waals surface area contributed by atoms with Crippen LogP contribution in [0.15, 0.2) is 53.3 Å². The van der Waals surface area contributed by atoms with Crippen molar-refractivity contribution in [2.45, 2.75) is 5.92 Å². The molecule has 3 N–H and O–H groups in total. The molecule has 0 amide bonds. The van der Waals surface area contributed by atoms with Crippen molar-refractivity contribution >= 4 is 11.6 Å². The molecule has 0 aliphatic carbocycles. The number of para-hydroxylation sites is 1. The number of aromatic amines is 2. The fourth-order valence-electron chi connectivity index (χ4n) is 2.80. The molecule has 25 heavy (non-hydrogen) atoms. The van der Waals surface area contributed by atoms with Gasteiger partial charge in [0.15, 0.2) is 0 Å². The quantitative estimate of drug-likeness (QED) is 0.479. The molecule has 0 bridgehead atoms. The second kappa shape index (κ2) is 6.82. The highest BCUT2D eigenvalue weighted by Gasteiger charge is 2.28. The standard InChI is InChI=1S/C17H14ClN3O4/c18-11-7-5-10(6-8-11)13(9-21(24)25)15-16(19-20-17(15)23)12-3-1-2-4-14(12)22/h1-8,13,22H,9H2,(H2,19,20,23). The van der Waals surface area contributed by atoms with Crippen LogP contribution in [0.5, 0.6) is 5.75 Å². The summed E-state index contributed by atoms with van der Waals surface area (Å²) >= 11 is 5.89. The van der Waals surface area contributed by atoms with Crippen LogP contribution in [-0.4, -0.2) is 26.8 Å². The molecule has 2 aromatic carbocycles. The Balaban J connectivity index is 2.18. The number of nitrogens with one attached hydrogen (secondary N) is 2. The van der Waals surface area contributed by atoms with E-state index < -0.39 is 22.9 Å². The van der Waals surface area contributed by atoms with Gasteiger partial charge in [-0.3, -0.25) is 25.1 Å². The minimum atomic E-state index is -0.795. The summed E-state index contributed by atoms with van der Waals surface area (Å²) in [5, 5.41) is 26.9. The smallest absolute Gasteiger partial charge is 0.268 e. The molecule has 0 aliphatic heterocycles. The number of nitrogens with zero attached hydrogens (tertiary/aromatic N) is 1. The number of phenolic OH excluding ortho intramolecular Hbond substituents is 1. The molecule has 1 atom stereocenters. The van der Waals surface area contributed by atoms with Crippen molar-refractivity contribution in [3.8, 4) is 17.0 Å². The number of rotatable bonds is 5. The first-order chi connectivity index (χ1) is 12.0. The zero-order chi connectivity index (χ0) is 18.0. The molecule has 0 radical (unpaired) electrons. The van der Waals surface area contributed by atoms with Gasteiger partial charge in [0.05, 0.1) is 17.2 Å². The van der Waals surface area contributed by atoms with Gasteiger partial charge >= 0.3 is 0 Å². The molecule has 0 spiro atoms. The van der Waals surface area contributed by atoms with Crippen LogP contribution in [0.25, 0.3) is 11.3 Å². The third-order valence-electron chi connectivity index (χ3n) is 3.94. The van der Waals surface area contributed by atoms with Crippen molar-refractivity contribution in [3.63, 3.8) is 0 Å². The zero-order valence-electron chi connectivity index (χ0n) is 12.9. The average molecular weight is 360 g/mol. The van der Waals surface area contributed by atoms with E-state index >= 15 is 0 Å². The van der Waals surface area contributed by atoms with E-state index in [1.807, 2.05) is 0 Å². The Morgan fingerprint density at radius 1 is 1.12 bits per heavy atom. The lowest BCUT2D eigenvalue weighted by molar-refractivity contribution is -0.481. The third-order valence-corrected chi connectivity index (χ3v) is 4.19. The van der Waals surface area contributed by atoms with Crippen LogP contribution >= 0.6 is 11.6 Å². The molecule has 3 rings (SSSR count). The number of benzene rings is 2. The van der Waals surface area contributed by atoms with Crippen molar-refractivity contribution in [2.75, 3.05) is 6.54 Å². The van der Waals surface area contributed by atoms with Crippen molar-refractivity contribution in [3.05, 3.63) is 85.1 Å². The molecule has 0 fully saturated rings. The summed E-state index contributed by atoms with van der Waals surface area (Å²) in [6.45, 7) is -0.469. The first-order valence-corrected chi connectivity index (χ1v) is 7.81. The Labute approximate surface area is 147 Å². The van der Waals surface area contributed by atoms with Crippen molar-refractivity contribution < 1.29 is 10.0 Å². The number of aromatic hydroxyl groups is 1. The predicted molar refractivity (Wildman–Crippen MR) is 93.7 cm³/mol. The number of hydrogen-bond donors (Lipinski definition) is 3. The second-order valence-electron chi connectivity index (χ2n) is 5.50. The normalized spacial score (nSPS) is 12.0. The van der Waals surface area contributed by atoms with Crippen LogP contribution < -0.4 is 5.56 Å². The summed E-state index contributed by atoms with van der Waals surface area (Å²) < 4.78 is 0. The highest BCUT2D eigenvalue weighted by atomic mass is 35.5. The van der Waals surface area contributed by atoms with E-state index in [2.05, 4.69) is 10.2 Å². The van der Waals surface area contributed by atoms with E-state index in [0.717, 1.165) is 0 Å². The van der Waals surface area contributed by atoms with Crippen LogP contribution in [0.1, 0.15) is 17.0 Å². The first-order valence-electron chi connectivity index (χ1n) is 7.43. The molecular weight excluding hydrogens is 346 g/mol. The number of hydrogen-bond acceptors (Lipinski definition) is 4. The maximum Gasteiger partial charge on any atom is 0.268 e. The third kappa shape index (κ3) is 3.41. The van der Waals surface area contributed by atoms with Gasteiger partial charge in [0, 0.05) is 15.5 Å². The maximum absolute atomic E-state index is 12.4. The summed E-state index contributed by atoms with van der Waals surface area (Å²) in [6, 6.07) is 13.0. The number of phenols is 1. The molecule has 128 valence electrons. The molecule has 1 aromatic heterocycles. The lowest BCUT2D eigenvalue weighted by Gasteiger charge is -2.14. The van der Waals surface area contributed by atoms with E-state index in [-0.39, 0.29) is 11.3 Å². The summed E-state index contributed by atoms with van der Waals surface area (Å²) in [4.78, 5) is 23.1. The minimum Gasteiger partial charge on any atom is -0.507 e. The van der Waals surface area contributed by atoms with Gasteiger partial charge in [-0.25, -0.2) is 0 Å². The van der Waals surface area contributed by atoms with Crippen LogP contribution in [0, 0.1) is 10.1 Å². The van der Waals surface area contributed by atoms with Gasteiger partial charge in [0.25, 0.3) is 5.56 Å². The van der Waals surface area contributed by atoms with Crippen molar-refractivity contribution in [2.24, 2.45) is 0 Å². The molecule has 0 saturated carbocycles. The van der Waals surface area contributed by atoms with Crippen LogP contribution in [0.4, 0.5) is 0 Å². The minimum absolute atomic E-state index is 0.0324. The Hall–Kier alpha value is -3.06. The first kappa shape index (κ1) is 16.8. The van der Waals surface area contributed by atoms with Crippen molar-refractivity contribution in [1.29, 1.82) is 0 Å². The summed E-state index contributed by atoms with van der Waals surface area (Å²) in [5.41, 5.74) is 1.02. The Kier molecular flexibility index (Phi) is 4.58. The lowest BCUT2D eigenvalue weighted by Crippen LogP contribution is -2.20. The van der Waals surface area contributed by atoms with Crippen molar-refractivity contribution in [1.82, 2.24) is 10.2 Å². The second-order valence-corrected chi connectivity index (χ2v) is 5.94. The Morgan fingerprint density at radius 3 is 2.44 bits per heavy atom. The fraction of sp³-hybridized carbons (Fsp3) is 0.118. The van der Waals surface area contributed by atoms with E-state index in [4.69, 9.17) is 11.6 Å². The summed E-state index contributed by atoms with van der Waals surface area (Å²) in [5.74, 6) is -0.827. The molecular formula is C17H14ClN3O4. The molecule has 7 nitrogen and oxygen atoms in total. The monoisotopic (exact) mass is 359 g/mol. The number of H-pyrrole nitrogens is 2. The average Bonchev–Trinajstić information content (AvgIpc) is 2.95. The Bertz CT molecular complexity index is 963. The molecule has 0 saturated heterocycles. The van der Waals surface area contributed by atoms with E-state index in [9.17, 15) is 20.0 Å². The highest BCUT2D eigenvalue weighted by molar-refractivity contribution is 6.30. The molecule has 0 aliphatic rings. The molecule has 3 aromatic rings. The van der Waals surface area contributed by atoms with Crippen LogP contribution in [0.3, 0.4) is 0 Å². The van der Waals surface area contributed by atoms with Gasteiger partial charge in [-0.2, -0.15) is 0 Å². The lowest BCUT2D eigenvalue weighted by atomic mass is 9.89. The Morgan fingerprint density at radius 2 is 1.80 bits per heavy atom. The van der Waals surface area contributed by atoms with Gasteiger partial charge in [0.2, 0.25) is 6.54 Å². The van der Waals surface area contributed by atoms with E-state index in [0.29, 0.717) is 21.8 Å². The highest BCUT2D eigenvalue weighted by Crippen LogP contribution is 2.34. The van der Waals surface area contributed by atoms with Gasteiger partial charge in [-0.15, -0.1) is 0 Å². The summed E-state index contributed by atoms with van der Waals surface area (Å²) in [7, 11) is 0. The van der Waals surface area contributed by atoms with Crippen LogP contribution in [0.2, 0.25) is 5.02 Å². The molecule has 1 unspecified atom stereocenters. The van der Waals surface area contributed by atoms with Gasteiger partial charge in [-0.05, 0) is 29.8 Å². The maximum atomic E-state index is 12.4. The van der Waals surface area contributed by atoms with Gasteiger partial charge in [-0.1, -0.05) is 35.9 Å². The van der Waals surface area contributed by atoms with Crippen LogP contribution in [-0.2, 0) is 0 Å². The van der Waals surface area contributed by atoms with E-state index in [1.54, 1.807) is 42.5 Å². The van der Waals surface area contributed by atoms with E-state index in [1.165, 1.54) is 6.07 Å². The fourth-order valence-corrected chi connectivity index (χ4v) is 2.93. The predicted octanol–water partition coefficient (Wildman–Crippen LogP) is 3.14.